The molecule has 0 saturated carbocycles. The highest BCUT2D eigenvalue weighted by atomic mass is 32.2. The predicted octanol–water partition coefficient (Wildman–Crippen LogP) is 0.803. The van der Waals surface area contributed by atoms with E-state index in [-0.39, 0.29) is 12.2 Å². The Hall–Kier alpha value is -1.25. The predicted molar refractivity (Wildman–Crippen MR) is 67.8 cm³/mol. The molecule has 0 fully saturated rings. The topological polar surface area (TPSA) is 92.4 Å². The zero-order valence-electron chi connectivity index (χ0n) is 10.3. The Morgan fingerprint density at radius 2 is 1.95 bits per heavy atom. The van der Waals surface area contributed by atoms with Gasteiger partial charge in [0.1, 0.15) is 0 Å². The molecule has 4 N–H and O–H groups in total. The molecule has 0 aliphatic heterocycles. The van der Waals surface area contributed by atoms with Crippen molar-refractivity contribution < 1.29 is 22.3 Å². The van der Waals surface area contributed by atoms with Crippen LogP contribution in [0.1, 0.15) is 6.92 Å². The number of para-hydroxylation sites is 1. The van der Waals surface area contributed by atoms with Crippen molar-refractivity contribution >= 4 is 15.5 Å². The summed E-state index contributed by atoms with van der Waals surface area (Å²) in [4.78, 5) is -0.484. The quantitative estimate of drug-likeness (QED) is 0.722. The molecular formula is C11H16F2N2O3S. The van der Waals surface area contributed by atoms with Crippen LogP contribution in [-0.2, 0) is 9.84 Å². The molecule has 108 valence electrons. The number of benzene rings is 1. The van der Waals surface area contributed by atoms with Crippen molar-refractivity contribution in [2.75, 3.05) is 11.9 Å². The fourth-order valence-electron chi connectivity index (χ4n) is 1.36. The number of aliphatic hydroxyl groups is 1. The first-order valence-corrected chi connectivity index (χ1v) is 7.10. The Kier molecular flexibility index (Phi) is 5.21. The molecule has 1 aromatic rings. The number of rotatable bonds is 6. The van der Waals surface area contributed by atoms with E-state index in [1.54, 1.807) is 0 Å². The normalized spacial score (nSPS) is 15.3. The molecule has 2 atom stereocenters. The van der Waals surface area contributed by atoms with E-state index in [1.165, 1.54) is 25.1 Å². The third-order valence-electron chi connectivity index (χ3n) is 2.58. The molecule has 0 radical (unpaired) electrons. The van der Waals surface area contributed by atoms with Crippen molar-refractivity contribution in [1.29, 1.82) is 0 Å². The number of anilines is 1. The number of sulfone groups is 1. The van der Waals surface area contributed by atoms with Gasteiger partial charge in [-0.25, -0.2) is 8.42 Å². The zero-order chi connectivity index (χ0) is 14.6. The van der Waals surface area contributed by atoms with Gasteiger partial charge in [0, 0.05) is 12.6 Å². The van der Waals surface area contributed by atoms with Crippen LogP contribution in [0.5, 0.6) is 0 Å². The Labute approximate surface area is 110 Å². The lowest BCUT2D eigenvalue weighted by Crippen LogP contribution is -2.38. The number of halogens is 2. The second-order valence-corrected chi connectivity index (χ2v) is 5.97. The summed E-state index contributed by atoms with van der Waals surface area (Å²) in [6.07, 6.45) is -0.800. The molecule has 0 amide bonds. The Bertz CT molecular complexity index is 520. The second kappa shape index (κ2) is 6.27. The average molecular weight is 294 g/mol. The maximum Gasteiger partial charge on any atom is 0.341 e. The Morgan fingerprint density at radius 1 is 1.37 bits per heavy atom. The maximum absolute atomic E-state index is 12.5. The molecule has 0 bridgehead atoms. The van der Waals surface area contributed by atoms with Gasteiger partial charge >= 0.3 is 5.76 Å². The molecule has 2 unspecified atom stereocenters. The van der Waals surface area contributed by atoms with Gasteiger partial charge in [-0.2, -0.15) is 8.78 Å². The van der Waals surface area contributed by atoms with E-state index in [1.807, 2.05) is 0 Å². The van der Waals surface area contributed by atoms with Crippen LogP contribution >= 0.6 is 0 Å². The minimum atomic E-state index is -4.67. The van der Waals surface area contributed by atoms with Gasteiger partial charge in [0.05, 0.1) is 16.7 Å². The monoisotopic (exact) mass is 294 g/mol. The lowest BCUT2D eigenvalue weighted by atomic mass is 10.2. The summed E-state index contributed by atoms with van der Waals surface area (Å²) < 4.78 is 48.0. The SMILES string of the molecule is CC(O)C(N)CNc1ccccc1S(=O)(=O)C(F)F. The van der Waals surface area contributed by atoms with E-state index in [0.717, 1.165) is 6.07 Å². The molecule has 0 saturated heterocycles. The van der Waals surface area contributed by atoms with Crippen LogP contribution < -0.4 is 11.1 Å². The van der Waals surface area contributed by atoms with Crippen LogP contribution in [0.2, 0.25) is 0 Å². The fraction of sp³-hybridized carbons (Fsp3) is 0.455. The van der Waals surface area contributed by atoms with E-state index in [2.05, 4.69) is 5.32 Å². The number of nitrogens with one attached hydrogen (secondary N) is 1. The lowest BCUT2D eigenvalue weighted by molar-refractivity contribution is 0.168. The van der Waals surface area contributed by atoms with Crippen molar-refractivity contribution in [3.8, 4) is 0 Å². The zero-order valence-corrected chi connectivity index (χ0v) is 11.1. The molecule has 0 aromatic heterocycles. The summed E-state index contributed by atoms with van der Waals surface area (Å²) >= 11 is 0. The first kappa shape index (κ1) is 15.8. The van der Waals surface area contributed by atoms with Crippen LogP contribution in [0.3, 0.4) is 0 Å². The number of hydrogen-bond acceptors (Lipinski definition) is 5. The molecule has 1 rings (SSSR count). The summed E-state index contributed by atoms with van der Waals surface area (Å²) in [5.74, 6) is -3.49. The van der Waals surface area contributed by atoms with Crippen LogP contribution in [0, 0.1) is 0 Å². The third kappa shape index (κ3) is 3.85. The largest absolute Gasteiger partial charge is 0.392 e. The second-order valence-electron chi connectivity index (χ2n) is 4.09. The van der Waals surface area contributed by atoms with E-state index in [4.69, 9.17) is 5.73 Å². The minimum absolute atomic E-state index is 0.0406. The van der Waals surface area contributed by atoms with Crippen LogP contribution in [0.25, 0.3) is 0 Å². The summed E-state index contributed by atoms with van der Waals surface area (Å²) in [7, 11) is -4.67. The van der Waals surface area contributed by atoms with Gasteiger partial charge in [-0.3, -0.25) is 0 Å². The van der Waals surface area contributed by atoms with Gasteiger partial charge in [0.15, 0.2) is 0 Å². The average Bonchev–Trinajstić information content (AvgIpc) is 2.35. The van der Waals surface area contributed by atoms with Gasteiger partial charge in [-0.05, 0) is 19.1 Å². The smallest absolute Gasteiger partial charge is 0.341 e. The summed E-state index contributed by atoms with van der Waals surface area (Å²) in [5.41, 5.74) is 5.61. The molecule has 0 aliphatic rings. The molecule has 8 heteroatoms. The van der Waals surface area contributed by atoms with Gasteiger partial charge in [0.25, 0.3) is 0 Å². The van der Waals surface area contributed by atoms with Gasteiger partial charge in [0.2, 0.25) is 9.84 Å². The van der Waals surface area contributed by atoms with E-state index in [0.29, 0.717) is 0 Å². The highest BCUT2D eigenvalue weighted by Crippen LogP contribution is 2.25. The molecule has 19 heavy (non-hydrogen) atoms. The molecule has 1 aromatic carbocycles. The Morgan fingerprint density at radius 3 is 2.47 bits per heavy atom. The van der Waals surface area contributed by atoms with Crippen molar-refractivity contribution in [2.24, 2.45) is 5.73 Å². The van der Waals surface area contributed by atoms with Crippen molar-refractivity contribution in [1.82, 2.24) is 0 Å². The summed E-state index contributed by atoms with van der Waals surface area (Å²) in [6.45, 7) is 1.54. The first-order valence-electron chi connectivity index (χ1n) is 5.55. The Balaban J connectivity index is 2.98. The van der Waals surface area contributed by atoms with Crippen LogP contribution in [0.4, 0.5) is 14.5 Å². The van der Waals surface area contributed by atoms with E-state index < -0.39 is 32.6 Å². The highest BCUT2D eigenvalue weighted by Gasteiger charge is 2.29. The number of alkyl halides is 2. The van der Waals surface area contributed by atoms with Crippen molar-refractivity contribution in [2.45, 2.75) is 29.7 Å². The molecular weight excluding hydrogens is 278 g/mol. The van der Waals surface area contributed by atoms with Crippen LogP contribution in [0.15, 0.2) is 29.2 Å². The number of aliphatic hydroxyl groups excluding tert-OH is 1. The van der Waals surface area contributed by atoms with Crippen LogP contribution in [-0.4, -0.2) is 38.0 Å². The molecule has 0 heterocycles. The lowest BCUT2D eigenvalue weighted by Gasteiger charge is -2.18. The van der Waals surface area contributed by atoms with Gasteiger partial charge in [-0.15, -0.1) is 0 Å². The van der Waals surface area contributed by atoms with E-state index in [9.17, 15) is 22.3 Å². The minimum Gasteiger partial charge on any atom is -0.392 e. The van der Waals surface area contributed by atoms with E-state index >= 15 is 0 Å². The van der Waals surface area contributed by atoms with Crippen molar-refractivity contribution in [3.05, 3.63) is 24.3 Å². The van der Waals surface area contributed by atoms with Gasteiger partial charge in [-0.1, -0.05) is 12.1 Å². The highest BCUT2D eigenvalue weighted by molar-refractivity contribution is 7.91. The maximum atomic E-state index is 12.5. The van der Waals surface area contributed by atoms with Crippen molar-refractivity contribution in [3.63, 3.8) is 0 Å². The third-order valence-corrected chi connectivity index (χ3v) is 4.01. The number of hydrogen-bond donors (Lipinski definition) is 3. The van der Waals surface area contributed by atoms with Gasteiger partial charge < -0.3 is 16.2 Å². The standard InChI is InChI=1S/C11H16F2N2O3S/c1-7(16)8(14)6-15-9-4-2-3-5-10(9)19(17,18)11(12)13/h2-5,7-8,11,15-16H,6,14H2,1H3. The summed E-state index contributed by atoms with van der Waals surface area (Å²) in [5, 5.41) is 11.9. The molecule has 0 aliphatic carbocycles. The first-order chi connectivity index (χ1) is 8.76. The molecule has 0 spiro atoms. The molecule has 5 nitrogen and oxygen atoms in total. The fourth-order valence-corrected chi connectivity index (χ4v) is 2.26. The number of nitrogens with two attached hydrogens (primary N) is 1. The summed E-state index contributed by atoms with van der Waals surface area (Å²) in [6, 6.07) is 4.69.